The van der Waals surface area contributed by atoms with Crippen molar-refractivity contribution < 1.29 is 17.5 Å². The summed E-state index contributed by atoms with van der Waals surface area (Å²) in [5, 5.41) is 4.30. The van der Waals surface area contributed by atoms with Gasteiger partial charge in [0.25, 0.3) is 15.6 Å². The number of hydrogen-bond acceptors (Lipinski definition) is 8. The van der Waals surface area contributed by atoms with Gasteiger partial charge in [-0.2, -0.15) is 0 Å². The minimum absolute atomic E-state index is 0.0448. The van der Waals surface area contributed by atoms with Crippen molar-refractivity contribution in [3.8, 4) is 0 Å². The molecular formula is C32H33FN6O4S. The van der Waals surface area contributed by atoms with E-state index >= 15 is 0 Å². The lowest BCUT2D eigenvalue weighted by atomic mass is 10.1. The second kappa shape index (κ2) is 11.8. The van der Waals surface area contributed by atoms with Crippen LogP contribution < -0.4 is 25.4 Å². The number of halogens is 1. The topological polar surface area (TPSA) is 109 Å². The Bertz CT molecular complexity index is 1950. The van der Waals surface area contributed by atoms with Crippen molar-refractivity contribution in [1.82, 2.24) is 14.9 Å². The van der Waals surface area contributed by atoms with Crippen LogP contribution in [0.3, 0.4) is 0 Å². The first-order chi connectivity index (χ1) is 21.1. The number of hydrogen-bond donors (Lipinski definition) is 2. The molecule has 2 N–H and O–H groups in total. The SMILES string of the molecule is CN(C)c1cccc2c(S(=O)(=O)Nc3ccc([C@H]4CN(c5nc(C6=C(F)CNC=C6)cc(=O)n5C)CCO4)cc3)cccc12. The Morgan fingerprint density at radius 3 is 2.57 bits per heavy atom. The molecule has 2 aliphatic rings. The first-order valence-electron chi connectivity index (χ1n) is 14.2. The number of fused-ring (bicyclic) bond motifs is 1. The first-order valence-corrected chi connectivity index (χ1v) is 15.7. The molecule has 0 spiro atoms. The average Bonchev–Trinajstić information content (AvgIpc) is 3.02. The summed E-state index contributed by atoms with van der Waals surface area (Å²) >= 11 is 0. The first kappa shape index (κ1) is 29.4. The number of sulfonamides is 1. The molecule has 1 aromatic heterocycles. The zero-order valence-electron chi connectivity index (χ0n) is 24.6. The van der Waals surface area contributed by atoms with Crippen LogP contribution >= 0.6 is 0 Å². The van der Waals surface area contributed by atoms with Crippen molar-refractivity contribution >= 4 is 43.7 Å². The molecule has 12 heteroatoms. The molecule has 1 atom stereocenters. The van der Waals surface area contributed by atoms with Gasteiger partial charge < -0.3 is 19.9 Å². The van der Waals surface area contributed by atoms with E-state index in [9.17, 15) is 17.6 Å². The van der Waals surface area contributed by atoms with E-state index in [0.717, 1.165) is 16.6 Å². The van der Waals surface area contributed by atoms with Gasteiger partial charge >= 0.3 is 0 Å². The van der Waals surface area contributed by atoms with Gasteiger partial charge in [-0.05, 0) is 42.1 Å². The van der Waals surface area contributed by atoms with E-state index in [4.69, 9.17) is 4.74 Å². The van der Waals surface area contributed by atoms with Crippen LogP contribution in [-0.4, -0.2) is 58.3 Å². The summed E-state index contributed by atoms with van der Waals surface area (Å²) in [5.74, 6) is 0.0402. The van der Waals surface area contributed by atoms with Gasteiger partial charge in [0.05, 0.1) is 30.3 Å². The third-order valence-electron chi connectivity index (χ3n) is 7.82. The summed E-state index contributed by atoms with van der Waals surface area (Å²) in [6.07, 6.45) is 2.85. The Hall–Kier alpha value is -4.68. The molecule has 0 bridgehead atoms. The molecule has 0 saturated carbocycles. The molecule has 1 saturated heterocycles. The molecule has 4 aromatic rings. The highest BCUT2D eigenvalue weighted by Gasteiger charge is 2.26. The van der Waals surface area contributed by atoms with Crippen LogP contribution in [0.1, 0.15) is 17.4 Å². The number of nitrogens with one attached hydrogen (secondary N) is 2. The Kier molecular flexibility index (Phi) is 7.87. The van der Waals surface area contributed by atoms with Gasteiger partial charge in [-0.1, -0.05) is 36.4 Å². The van der Waals surface area contributed by atoms with Gasteiger partial charge in [-0.3, -0.25) is 14.1 Å². The number of rotatable bonds is 7. The molecule has 1 fully saturated rings. The smallest absolute Gasteiger partial charge is 0.262 e. The van der Waals surface area contributed by atoms with Crippen molar-refractivity contribution in [2.75, 3.05) is 54.9 Å². The molecule has 228 valence electrons. The highest BCUT2D eigenvalue weighted by Crippen LogP contribution is 2.32. The van der Waals surface area contributed by atoms with Crippen LogP contribution in [0.5, 0.6) is 0 Å². The van der Waals surface area contributed by atoms with E-state index in [2.05, 4.69) is 15.0 Å². The lowest BCUT2D eigenvalue weighted by molar-refractivity contribution is 0.0390. The predicted octanol–water partition coefficient (Wildman–Crippen LogP) is 4.18. The number of anilines is 3. The van der Waals surface area contributed by atoms with Gasteiger partial charge in [0.15, 0.2) is 0 Å². The molecule has 0 unspecified atom stereocenters. The van der Waals surface area contributed by atoms with E-state index in [0.29, 0.717) is 36.7 Å². The maximum Gasteiger partial charge on any atom is 0.262 e. The Morgan fingerprint density at radius 1 is 1.07 bits per heavy atom. The van der Waals surface area contributed by atoms with Crippen molar-refractivity contribution in [3.05, 3.63) is 106 Å². The summed E-state index contributed by atoms with van der Waals surface area (Å²) < 4.78 is 51.7. The van der Waals surface area contributed by atoms with Gasteiger partial charge in [-0.15, -0.1) is 0 Å². The molecule has 0 aliphatic carbocycles. The number of nitrogens with zero attached hydrogens (tertiary/aromatic N) is 4. The predicted molar refractivity (Wildman–Crippen MR) is 171 cm³/mol. The number of morpholine rings is 1. The Balaban J connectivity index is 1.22. The number of benzene rings is 3. The second-order valence-electron chi connectivity index (χ2n) is 10.9. The van der Waals surface area contributed by atoms with Crippen LogP contribution in [0.4, 0.5) is 21.7 Å². The van der Waals surface area contributed by atoms with Crippen LogP contribution in [0.25, 0.3) is 16.3 Å². The number of aromatic nitrogens is 2. The fourth-order valence-electron chi connectivity index (χ4n) is 5.55. The molecule has 3 aromatic carbocycles. The van der Waals surface area contributed by atoms with Crippen LogP contribution in [0, 0.1) is 0 Å². The molecule has 6 rings (SSSR count). The zero-order chi connectivity index (χ0) is 31.0. The average molecular weight is 617 g/mol. The largest absolute Gasteiger partial charge is 0.384 e. The second-order valence-corrected chi connectivity index (χ2v) is 12.6. The van der Waals surface area contributed by atoms with E-state index in [1.807, 2.05) is 60.3 Å². The molecule has 44 heavy (non-hydrogen) atoms. The molecule has 2 aliphatic heterocycles. The number of dihydropyridines is 1. The summed E-state index contributed by atoms with van der Waals surface area (Å²) in [7, 11) is 1.60. The Labute approximate surface area is 255 Å². The van der Waals surface area contributed by atoms with Gasteiger partial charge in [0.1, 0.15) is 11.9 Å². The third-order valence-corrected chi connectivity index (χ3v) is 9.26. The standard InChI is InChI=1S/C32H33FN6O4S/c1-37(2)28-8-4-7-24-23(28)6-5-9-30(24)44(41,42)36-22-12-10-21(11-13-22)29-20-39(16-17-43-29)32-35-27(18-31(40)38(32)3)25-14-15-34-19-26(25)33/h4-15,18,29,34,36H,16-17,19-20H2,1-3H3/t29-/m1/s1. The maximum atomic E-state index is 14.5. The van der Waals surface area contributed by atoms with E-state index in [1.54, 1.807) is 43.6 Å². The minimum Gasteiger partial charge on any atom is -0.384 e. The lowest BCUT2D eigenvalue weighted by Crippen LogP contribution is -2.41. The number of ether oxygens (including phenoxy) is 1. The minimum atomic E-state index is -3.88. The molecular weight excluding hydrogens is 583 g/mol. The van der Waals surface area contributed by atoms with Crippen LogP contribution in [0.15, 0.2) is 94.5 Å². The van der Waals surface area contributed by atoms with E-state index < -0.39 is 10.0 Å². The summed E-state index contributed by atoms with van der Waals surface area (Å²) in [6, 6.07) is 19.3. The third kappa shape index (κ3) is 5.65. The fraction of sp³-hybridized carbons (Fsp3) is 0.250. The molecule has 0 amide bonds. The molecule has 0 radical (unpaired) electrons. The maximum absolute atomic E-state index is 14.5. The molecule has 10 nitrogen and oxygen atoms in total. The zero-order valence-corrected chi connectivity index (χ0v) is 25.4. The van der Waals surface area contributed by atoms with E-state index in [1.165, 1.54) is 10.6 Å². The lowest BCUT2D eigenvalue weighted by Gasteiger charge is -2.34. The Morgan fingerprint density at radius 2 is 1.82 bits per heavy atom. The van der Waals surface area contributed by atoms with Crippen molar-refractivity contribution in [3.63, 3.8) is 0 Å². The van der Waals surface area contributed by atoms with Gasteiger partial charge in [-0.25, -0.2) is 17.8 Å². The summed E-state index contributed by atoms with van der Waals surface area (Å²) in [4.78, 5) is 21.6. The highest BCUT2D eigenvalue weighted by molar-refractivity contribution is 7.93. The van der Waals surface area contributed by atoms with Gasteiger partial charge in [0, 0.05) is 61.5 Å². The van der Waals surface area contributed by atoms with Crippen LogP contribution in [-0.2, 0) is 21.8 Å². The monoisotopic (exact) mass is 616 g/mol. The van der Waals surface area contributed by atoms with Crippen LogP contribution in [0.2, 0.25) is 0 Å². The summed E-state index contributed by atoms with van der Waals surface area (Å²) in [5.41, 5.74) is 2.47. The summed E-state index contributed by atoms with van der Waals surface area (Å²) in [6.45, 7) is 1.33. The highest BCUT2D eigenvalue weighted by atomic mass is 32.2. The van der Waals surface area contributed by atoms with E-state index in [-0.39, 0.29) is 40.2 Å². The van der Waals surface area contributed by atoms with Crippen molar-refractivity contribution in [2.45, 2.75) is 11.0 Å². The fourth-order valence-corrected chi connectivity index (χ4v) is 6.83. The number of allylic oxidation sites excluding steroid dienone is 2. The van der Waals surface area contributed by atoms with Crippen molar-refractivity contribution in [1.29, 1.82) is 0 Å². The normalized spacial score (nSPS) is 17.1. The van der Waals surface area contributed by atoms with Crippen molar-refractivity contribution in [2.24, 2.45) is 7.05 Å². The quantitative estimate of drug-likeness (QED) is 0.319. The van der Waals surface area contributed by atoms with Gasteiger partial charge in [0.2, 0.25) is 5.95 Å². The molecule has 3 heterocycles.